The number of pyridine rings is 1. The monoisotopic (exact) mass is 210 g/mol. The standard InChI is InChI=1S/C15H16N/c1-3-9-15(10-4-1)11-5-8-14-16-12-6-2-7-13-16/h1-4,6-10,12-14H,5,11H2/q+1. The molecule has 0 fully saturated rings. The second kappa shape index (κ2) is 5.86. The fourth-order valence-corrected chi connectivity index (χ4v) is 1.60. The minimum Gasteiger partial charge on any atom is -0.174 e. The van der Waals surface area contributed by atoms with Crippen molar-refractivity contribution in [1.82, 2.24) is 0 Å². The summed E-state index contributed by atoms with van der Waals surface area (Å²) in [4.78, 5) is 0. The molecule has 0 saturated carbocycles. The van der Waals surface area contributed by atoms with Crippen molar-refractivity contribution in [1.29, 1.82) is 0 Å². The van der Waals surface area contributed by atoms with E-state index in [-0.39, 0.29) is 0 Å². The lowest BCUT2D eigenvalue weighted by Gasteiger charge is -1.95. The maximum absolute atomic E-state index is 2.20. The van der Waals surface area contributed by atoms with Gasteiger partial charge in [-0.05, 0) is 24.5 Å². The summed E-state index contributed by atoms with van der Waals surface area (Å²) in [5, 5.41) is 0. The number of aryl methyl sites for hydroxylation is 1. The van der Waals surface area contributed by atoms with E-state index in [0.717, 1.165) is 12.8 Å². The van der Waals surface area contributed by atoms with Crippen LogP contribution in [0.5, 0.6) is 0 Å². The van der Waals surface area contributed by atoms with E-state index in [0.29, 0.717) is 0 Å². The van der Waals surface area contributed by atoms with Crippen LogP contribution in [0, 0.1) is 0 Å². The normalized spacial score (nSPS) is 10.8. The highest BCUT2D eigenvalue weighted by Crippen LogP contribution is 2.02. The smallest absolute Gasteiger partial charge is 0.174 e. The van der Waals surface area contributed by atoms with Gasteiger partial charge in [0.05, 0.1) is 0 Å². The molecule has 0 aliphatic carbocycles. The first-order valence-electron chi connectivity index (χ1n) is 5.61. The summed E-state index contributed by atoms with van der Waals surface area (Å²) in [6, 6.07) is 16.7. The number of hydrogen-bond acceptors (Lipinski definition) is 0. The zero-order chi connectivity index (χ0) is 11.1. The highest BCUT2D eigenvalue weighted by molar-refractivity contribution is 5.16. The number of allylic oxidation sites excluding steroid dienone is 1. The Morgan fingerprint density at radius 3 is 2.31 bits per heavy atom. The van der Waals surface area contributed by atoms with Crippen molar-refractivity contribution >= 4 is 6.20 Å². The third-order valence-electron chi connectivity index (χ3n) is 2.46. The third kappa shape index (κ3) is 3.35. The van der Waals surface area contributed by atoms with Gasteiger partial charge in [-0.15, -0.1) is 0 Å². The van der Waals surface area contributed by atoms with E-state index in [9.17, 15) is 0 Å². The molecule has 1 aromatic carbocycles. The van der Waals surface area contributed by atoms with Crippen molar-refractivity contribution in [3.63, 3.8) is 0 Å². The predicted molar refractivity (Wildman–Crippen MR) is 66.7 cm³/mol. The van der Waals surface area contributed by atoms with E-state index < -0.39 is 0 Å². The van der Waals surface area contributed by atoms with Gasteiger partial charge in [0.15, 0.2) is 18.6 Å². The van der Waals surface area contributed by atoms with Gasteiger partial charge < -0.3 is 0 Å². The quantitative estimate of drug-likeness (QED) is 0.683. The average Bonchev–Trinajstić information content (AvgIpc) is 2.37. The van der Waals surface area contributed by atoms with Crippen molar-refractivity contribution in [3.8, 4) is 0 Å². The second-order valence-electron chi connectivity index (χ2n) is 3.73. The highest BCUT2D eigenvalue weighted by atomic mass is 14.9. The zero-order valence-electron chi connectivity index (χ0n) is 9.29. The van der Waals surface area contributed by atoms with Crippen molar-refractivity contribution in [2.45, 2.75) is 12.8 Å². The van der Waals surface area contributed by atoms with Crippen LogP contribution in [0.1, 0.15) is 12.0 Å². The fraction of sp³-hybridized carbons (Fsp3) is 0.133. The van der Waals surface area contributed by atoms with Crippen LogP contribution >= 0.6 is 0 Å². The molecule has 0 atom stereocenters. The molecule has 0 unspecified atom stereocenters. The van der Waals surface area contributed by atoms with E-state index >= 15 is 0 Å². The summed E-state index contributed by atoms with van der Waals surface area (Å²) in [7, 11) is 0. The molecule has 0 aliphatic rings. The van der Waals surface area contributed by atoms with Crippen LogP contribution in [0.15, 0.2) is 67.0 Å². The Morgan fingerprint density at radius 2 is 1.56 bits per heavy atom. The first-order valence-corrected chi connectivity index (χ1v) is 5.61. The van der Waals surface area contributed by atoms with Crippen LogP contribution in [0.4, 0.5) is 0 Å². The Labute approximate surface area is 96.7 Å². The van der Waals surface area contributed by atoms with E-state index in [2.05, 4.69) is 47.2 Å². The second-order valence-corrected chi connectivity index (χ2v) is 3.73. The summed E-state index contributed by atoms with van der Waals surface area (Å²) in [5.41, 5.74) is 1.39. The lowest BCUT2D eigenvalue weighted by atomic mass is 10.1. The molecule has 0 amide bonds. The van der Waals surface area contributed by atoms with Crippen LogP contribution in [0.3, 0.4) is 0 Å². The molecule has 0 spiro atoms. The number of rotatable bonds is 4. The topological polar surface area (TPSA) is 3.88 Å². The molecule has 1 nitrogen and oxygen atoms in total. The predicted octanol–water partition coefficient (Wildman–Crippen LogP) is 3.08. The Kier molecular flexibility index (Phi) is 3.89. The molecule has 2 rings (SSSR count). The van der Waals surface area contributed by atoms with Gasteiger partial charge in [0.2, 0.25) is 0 Å². The number of hydrogen-bond donors (Lipinski definition) is 0. The van der Waals surface area contributed by atoms with Crippen molar-refractivity contribution in [2.75, 3.05) is 0 Å². The molecule has 2 aromatic rings. The largest absolute Gasteiger partial charge is 0.174 e. The molecule has 0 N–H and O–H groups in total. The first-order chi connectivity index (χ1) is 7.95. The van der Waals surface area contributed by atoms with Crippen molar-refractivity contribution < 1.29 is 4.57 Å². The van der Waals surface area contributed by atoms with E-state index in [1.54, 1.807) is 0 Å². The van der Waals surface area contributed by atoms with Crippen LogP contribution in [0.2, 0.25) is 0 Å². The molecule has 0 aliphatic heterocycles. The summed E-state index contributed by atoms with van der Waals surface area (Å²) < 4.78 is 2.06. The van der Waals surface area contributed by atoms with Gasteiger partial charge in [0.1, 0.15) is 0 Å². The third-order valence-corrected chi connectivity index (χ3v) is 2.46. The molecule has 1 heterocycles. The Morgan fingerprint density at radius 1 is 0.875 bits per heavy atom. The first kappa shape index (κ1) is 10.6. The van der Waals surface area contributed by atoms with E-state index in [1.807, 2.05) is 30.6 Å². The highest BCUT2D eigenvalue weighted by Gasteiger charge is 1.91. The summed E-state index contributed by atoms with van der Waals surface area (Å²) in [6.45, 7) is 0. The lowest BCUT2D eigenvalue weighted by Crippen LogP contribution is -2.23. The maximum atomic E-state index is 2.20. The Balaban J connectivity index is 1.83. The lowest BCUT2D eigenvalue weighted by molar-refractivity contribution is -0.568. The molecule has 0 bridgehead atoms. The van der Waals surface area contributed by atoms with Gasteiger partial charge in [-0.1, -0.05) is 36.4 Å². The van der Waals surface area contributed by atoms with Crippen LogP contribution in [0.25, 0.3) is 6.20 Å². The molecule has 1 aromatic heterocycles. The fourth-order valence-electron chi connectivity index (χ4n) is 1.60. The molecule has 16 heavy (non-hydrogen) atoms. The minimum absolute atomic E-state index is 1.08. The molecule has 80 valence electrons. The summed E-state index contributed by atoms with van der Waals surface area (Å²) in [6.07, 6.45) is 10.6. The van der Waals surface area contributed by atoms with Crippen LogP contribution in [-0.2, 0) is 6.42 Å². The number of nitrogens with zero attached hydrogens (tertiary/aromatic N) is 1. The van der Waals surface area contributed by atoms with Crippen molar-refractivity contribution in [3.05, 3.63) is 72.6 Å². The molecular formula is C15H16N+. The van der Waals surface area contributed by atoms with Gasteiger partial charge >= 0.3 is 0 Å². The van der Waals surface area contributed by atoms with Crippen LogP contribution in [-0.4, -0.2) is 0 Å². The minimum atomic E-state index is 1.08. The average molecular weight is 210 g/mol. The summed E-state index contributed by atoms with van der Waals surface area (Å²) in [5.74, 6) is 0. The van der Waals surface area contributed by atoms with Crippen LogP contribution < -0.4 is 4.57 Å². The molecule has 0 radical (unpaired) electrons. The number of aromatic nitrogens is 1. The number of benzene rings is 1. The zero-order valence-corrected chi connectivity index (χ0v) is 9.29. The SMILES string of the molecule is C(=C[n+]1ccccc1)CCc1ccccc1. The van der Waals surface area contributed by atoms with Gasteiger partial charge in [-0.3, -0.25) is 0 Å². The molecular weight excluding hydrogens is 194 g/mol. The van der Waals surface area contributed by atoms with Gasteiger partial charge in [-0.25, -0.2) is 0 Å². The Hall–Kier alpha value is -1.89. The maximum Gasteiger partial charge on any atom is 0.174 e. The Bertz CT molecular complexity index is 432. The van der Waals surface area contributed by atoms with Crippen molar-refractivity contribution in [2.24, 2.45) is 0 Å². The van der Waals surface area contributed by atoms with Gasteiger partial charge in [0, 0.05) is 12.1 Å². The van der Waals surface area contributed by atoms with E-state index in [4.69, 9.17) is 0 Å². The van der Waals surface area contributed by atoms with Gasteiger partial charge in [-0.2, -0.15) is 4.57 Å². The van der Waals surface area contributed by atoms with E-state index in [1.165, 1.54) is 5.56 Å². The summed E-state index contributed by atoms with van der Waals surface area (Å²) >= 11 is 0. The van der Waals surface area contributed by atoms with Gasteiger partial charge in [0.25, 0.3) is 0 Å². The molecule has 1 heteroatoms. The molecule has 0 saturated heterocycles.